The molecule has 0 unspecified atom stereocenters. The fraction of sp³-hybridized carbons (Fsp3) is 0.0714. The van der Waals surface area contributed by atoms with Gasteiger partial charge in [-0.3, -0.25) is 10.4 Å². The highest BCUT2D eigenvalue weighted by Crippen LogP contribution is 2.13. The van der Waals surface area contributed by atoms with Crippen molar-refractivity contribution in [1.82, 2.24) is 10.4 Å². The third-order valence-corrected chi connectivity index (χ3v) is 3.00. The van der Waals surface area contributed by atoms with E-state index in [1.54, 1.807) is 18.3 Å². The first-order valence-electron chi connectivity index (χ1n) is 6.13. The van der Waals surface area contributed by atoms with Gasteiger partial charge in [0.05, 0.1) is 0 Å². The number of rotatable bonds is 3. The molecule has 2 rings (SSSR count). The van der Waals surface area contributed by atoms with Crippen molar-refractivity contribution >= 4 is 40.5 Å². The summed E-state index contributed by atoms with van der Waals surface area (Å²) in [5.74, 6) is 0.263. The van der Waals surface area contributed by atoms with E-state index in [0.717, 1.165) is 11.3 Å². The smallest absolute Gasteiger partial charge is 0.191 e. The molecule has 5 nitrogen and oxygen atoms in total. The Morgan fingerprint density at radius 1 is 1.29 bits per heavy atom. The SMILES string of the molecule is Cc1ccnc(/C(N)=N/NC(=S)Nc2ccc(Cl)cc2)c1. The molecular formula is C14H14ClN5S. The Hall–Kier alpha value is -2.18. The number of amidine groups is 1. The minimum atomic E-state index is 0.263. The summed E-state index contributed by atoms with van der Waals surface area (Å²) in [4.78, 5) is 4.14. The first-order valence-corrected chi connectivity index (χ1v) is 6.92. The highest BCUT2D eigenvalue weighted by atomic mass is 35.5. The average Bonchev–Trinajstić information content (AvgIpc) is 2.47. The Morgan fingerprint density at radius 2 is 2.00 bits per heavy atom. The highest BCUT2D eigenvalue weighted by Gasteiger charge is 2.01. The van der Waals surface area contributed by atoms with Gasteiger partial charge in [-0.1, -0.05) is 11.6 Å². The highest BCUT2D eigenvalue weighted by molar-refractivity contribution is 7.80. The van der Waals surface area contributed by atoms with Gasteiger partial charge in [0.15, 0.2) is 10.9 Å². The van der Waals surface area contributed by atoms with E-state index in [1.807, 2.05) is 31.2 Å². The zero-order valence-electron chi connectivity index (χ0n) is 11.3. The first-order chi connectivity index (χ1) is 10.0. The molecule has 1 aromatic carbocycles. The Bertz CT molecular complexity index is 669. The number of thiocarbonyl (C=S) groups is 1. The molecule has 0 fully saturated rings. The van der Waals surface area contributed by atoms with Gasteiger partial charge in [0.25, 0.3) is 0 Å². The van der Waals surface area contributed by atoms with Crippen LogP contribution < -0.4 is 16.5 Å². The maximum Gasteiger partial charge on any atom is 0.191 e. The molecule has 0 bridgehead atoms. The normalized spacial score (nSPS) is 11.0. The van der Waals surface area contributed by atoms with Crippen molar-refractivity contribution in [3.8, 4) is 0 Å². The van der Waals surface area contributed by atoms with Crippen LogP contribution in [0.15, 0.2) is 47.7 Å². The van der Waals surface area contributed by atoms with Crippen LogP contribution in [0, 0.1) is 6.92 Å². The number of halogens is 1. The van der Waals surface area contributed by atoms with E-state index >= 15 is 0 Å². The fourth-order valence-electron chi connectivity index (χ4n) is 1.54. The zero-order chi connectivity index (χ0) is 15.2. The second-order valence-corrected chi connectivity index (χ2v) is 5.13. The monoisotopic (exact) mass is 319 g/mol. The van der Waals surface area contributed by atoms with E-state index in [-0.39, 0.29) is 5.84 Å². The number of nitrogens with one attached hydrogen (secondary N) is 2. The molecule has 7 heteroatoms. The second-order valence-electron chi connectivity index (χ2n) is 4.29. The number of aryl methyl sites for hydroxylation is 1. The van der Waals surface area contributed by atoms with Crippen LogP contribution >= 0.6 is 23.8 Å². The second kappa shape index (κ2) is 7.01. The van der Waals surface area contributed by atoms with E-state index in [0.29, 0.717) is 15.8 Å². The topological polar surface area (TPSA) is 75.3 Å². The number of pyridine rings is 1. The molecule has 1 heterocycles. The molecule has 21 heavy (non-hydrogen) atoms. The van der Waals surface area contributed by atoms with Crippen LogP contribution in [0.2, 0.25) is 5.02 Å². The standard InChI is InChI=1S/C14H14ClN5S/c1-9-6-7-17-12(8-9)13(16)19-20-14(21)18-11-4-2-10(15)3-5-11/h2-8H,1H3,(H2,16,19)(H2,18,20,21). The number of hydrogen-bond donors (Lipinski definition) is 3. The average molecular weight is 320 g/mol. The summed E-state index contributed by atoms with van der Waals surface area (Å²) >= 11 is 10.9. The van der Waals surface area contributed by atoms with E-state index in [9.17, 15) is 0 Å². The number of nitrogens with two attached hydrogens (primary N) is 1. The molecule has 0 saturated carbocycles. The molecule has 2 aromatic rings. The van der Waals surface area contributed by atoms with Crippen molar-refractivity contribution in [3.63, 3.8) is 0 Å². The fourth-order valence-corrected chi connectivity index (χ4v) is 1.83. The van der Waals surface area contributed by atoms with Crippen molar-refractivity contribution in [2.75, 3.05) is 5.32 Å². The van der Waals surface area contributed by atoms with Crippen LogP contribution in [-0.4, -0.2) is 15.9 Å². The molecule has 1 aromatic heterocycles. The number of aromatic nitrogens is 1. The van der Waals surface area contributed by atoms with E-state index in [2.05, 4.69) is 20.8 Å². The number of nitrogens with zero attached hydrogens (tertiary/aromatic N) is 2. The van der Waals surface area contributed by atoms with E-state index in [4.69, 9.17) is 29.6 Å². The Kier molecular flexibility index (Phi) is 5.08. The predicted octanol–water partition coefficient (Wildman–Crippen LogP) is 2.65. The lowest BCUT2D eigenvalue weighted by atomic mass is 10.2. The van der Waals surface area contributed by atoms with Gasteiger partial charge >= 0.3 is 0 Å². The van der Waals surface area contributed by atoms with Crippen molar-refractivity contribution in [3.05, 3.63) is 58.9 Å². The molecule has 0 aliphatic heterocycles. The minimum absolute atomic E-state index is 0.263. The Balaban J connectivity index is 1.96. The van der Waals surface area contributed by atoms with Gasteiger partial charge in [0, 0.05) is 16.9 Å². The first kappa shape index (κ1) is 15.2. The lowest BCUT2D eigenvalue weighted by molar-refractivity contribution is 1.03. The summed E-state index contributed by atoms with van der Waals surface area (Å²) in [7, 11) is 0. The van der Waals surface area contributed by atoms with Crippen molar-refractivity contribution in [2.45, 2.75) is 6.92 Å². The third-order valence-electron chi connectivity index (χ3n) is 2.56. The molecule has 4 N–H and O–H groups in total. The van der Waals surface area contributed by atoms with Crippen LogP contribution in [0.5, 0.6) is 0 Å². The van der Waals surface area contributed by atoms with Crippen LogP contribution in [-0.2, 0) is 0 Å². The molecule has 0 atom stereocenters. The van der Waals surface area contributed by atoms with Crippen LogP contribution in [0.4, 0.5) is 5.69 Å². The van der Waals surface area contributed by atoms with Gasteiger partial charge in [-0.15, -0.1) is 0 Å². The van der Waals surface area contributed by atoms with E-state index < -0.39 is 0 Å². The maximum absolute atomic E-state index is 5.85. The van der Waals surface area contributed by atoms with Gasteiger partial charge in [-0.05, 0) is 61.1 Å². The van der Waals surface area contributed by atoms with E-state index in [1.165, 1.54) is 0 Å². The Labute approximate surface area is 133 Å². The number of anilines is 1. The molecule has 0 saturated heterocycles. The van der Waals surface area contributed by atoms with Crippen molar-refractivity contribution in [1.29, 1.82) is 0 Å². The van der Waals surface area contributed by atoms with Gasteiger partial charge in [0.2, 0.25) is 0 Å². The van der Waals surface area contributed by atoms with Crippen LogP contribution in [0.25, 0.3) is 0 Å². The van der Waals surface area contributed by atoms with Gasteiger partial charge in [0.1, 0.15) is 5.69 Å². The summed E-state index contributed by atoms with van der Waals surface area (Å²) < 4.78 is 0. The van der Waals surface area contributed by atoms with Gasteiger partial charge in [-0.2, -0.15) is 5.10 Å². The van der Waals surface area contributed by atoms with Crippen LogP contribution in [0.3, 0.4) is 0 Å². The summed E-state index contributed by atoms with van der Waals surface area (Å²) in [5, 5.41) is 7.95. The summed E-state index contributed by atoms with van der Waals surface area (Å²) in [6.07, 6.45) is 1.68. The quantitative estimate of drug-likeness (QED) is 0.351. The van der Waals surface area contributed by atoms with Gasteiger partial charge in [-0.25, -0.2) is 0 Å². The number of hydrazone groups is 1. The molecule has 0 aliphatic rings. The molecule has 0 spiro atoms. The lowest BCUT2D eigenvalue weighted by Crippen LogP contribution is -2.28. The maximum atomic E-state index is 5.85. The predicted molar refractivity (Wildman–Crippen MR) is 90.5 cm³/mol. The summed E-state index contributed by atoms with van der Waals surface area (Å²) in [5.41, 5.74) is 11.0. The Morgan fingerprint density at radius 3 is 2.67 bits per heavy atom. The summed E-state index contributed by atoms with van der Waals surface area (Å²) in [6.45, 7) is 1.96. The number of hydrogen-bond acceptors (Lipinski definition) is 3. The molecular weight excluding hydrogens is 306 g/mol. The van der Waals surface area contributed by atoms with Crippen molar-refractivity contribution in [2.24, 2.45) is 10.8 Å². The van der Waals surface area contributed by atoms with Crippen LogP contribution in [0.1, 0.15) is 11.3 Å². The minimum Gasteiger partial charge on any atom is -0.380 e. The number of benzene rings is 1. The largest absolute Gasteiger partial charge is 0.380 e. The zero-order valence-corrected chi connectivity index (χ0v) is 12.9. The lowest BCUT2D eigenvalue weighted by Gasteiger charge is -2.08. The van der Waals surface area contributed by atoms with Crippen molar-refractivity contribution < 1.29 is 0 Å². The molecule has 108 valence electrons. The third kappa shape index (κ3) is 4.70. The van der Waals surface area contributed by atoms with Gasteiger partial charge < -0.3 is 11.1 Å². The summed E-state index contributed by atoms with van der Waals surface area (Å²) in [6, 6.07) is 10.9. The molecule has 0 amide bonds. The molecule has 0 aliphatic carbocycles. The molecule has 0 radical (unpaired) electrons.